The van der Waals surface area contributed by atoms with Crippen LogP contribution in [-0.2, 0) is 14.3 Å². The molecular weight excluding hydrogens is 404 g/mol. The zero-order valence-electron chi connectivity index (χ0n) is 18.9. The fraction of sp³-hybridized carbons (Fsp3) is 0.385. The number of esters is 1. The lowest BCUT2D eigenvalue weighted by Crippen LogP contribution is -2.38. The molecule has 0 saturated carbocycles. The van der Waals surface area contributed by atoms with Crippen LogP contribution in [0.4, 0.5) is 0 Å². The fourth-order valence-corrected chi connectivity index (χ4v) is 4.71. The summed E-state index contributed by atoms with van der Waals surface area (Å²) in [6, 6.07) is 11.6. The van der Waals surface area contributed by atoms with Crippen LogP contribution in [0.5, 0.6) is 5.75 Å². The van der Waals surface area contributed by atoms with Crippen LogP contribution in [0.2, 0.25) is 0 Å². The second-order valence-electron chi connectivity index (χ2n) is 8.64. The van der Waals surface area contributed by atoms with Gasteiger partial charge in [-0.2, -0.15) is 0 Å². The summed E-state index contributed by atoms with van der Waals surface area (Å²) >= 11 is 0. The minimum atomic E-state index is -0.625. The Hall–Kier alpha value is -3.28. The van der Waals surface area contributed by atoms with E-state index in [4.69, 9.17) is 14.5 Å². The van der Waals surface area contributed by atoms with Crippen molar-refractivity contribution in [1.82, 2.24) is 4.98 Å². The molecule has 4 rings (SSSR count). The van der Waals surface area contributed by atoms with Crippen molar-refractivity contribution in [2.75, 3.05) is 7.11 Å². The van der Waals surface area contributed by atoms with E-state index in [2.05, 4.69) is 4.98 Å². The number of Topliss-reactive ketones (excluding diaryl/α,β-unsaturated/α-hetero) is 1. The topological polar surface area (TPSA) is 77.8 Å². The molecule has 0 radical (unpaired) electrons. The standard InChI is InChI=1S/C26H28N2O4/c1-15(2)32-26(30)23-16(3)28-21-13-19(17-5-7-20(31-4)8-6-17)14-22(29)25(21)24(23)18-9-11-27-12-10-18/h5-12,15,19,23-24H,13-14H2,1-4H3/t19-,23?,24-/m0/s1. The van der Waals surface area contributed by atoms with Crippen molar-refractivity contribution in [1.29, 1.82) is 0 Å². The average molecular weight is 433 g/mol. The highest BCUT2D eigenvalue weighted by Crippen LogP contribution is 2.46. The fourth-order valence-electron chi connectivity index (χ4n) is 4.71. The van der Waals surface area contributed by atoms with Crippen LogP contribution in [-0.4, -0.2) is 35.7 Å². The number of allylic oxidation sites excluding steroid dienone is 2. The highest BCUT2D eigenvalue weighted by atomic mass is 16.5. The monoisotopic (exact) mass is 432 g/mol. The number of carbonyl (C=O) groups excluding carboxylic acids is 2. The zero-order chi connectivity index (χ0) is 22.8. The largest absolute Gasteiger partial charge is 0.497 e. The van der Waals surface area contributed by atoms with E-state index >= 15 is 0 Å². The van der Waals surface area contributed by atoms with Crippen LogP contribution in [0.15, 0.2) is 65.1 Å². The van der Waals surface area contributed by atoms with Crippen molar-refractivity contribution in [2.24, 2.45) is 10.9 Å². The van der Waals surface area contributed by atoms with Crippen LogP contribution in [0.3, 0.4) is 0 Å². The first-order chi connectivity index (χ1) is 15.4. The van der Waals surface area contributed by atoms with Crippen LogP contribution in [0, 0.1) is 5.92 Å². The zero-order valence-corrected chi connectivity index (χ0v) is 18.9. The van der Waals surface area contributed by atoms with Crippen LogP contribution in [0.25, 0.3) is 0 Å². The SMILES string of the molecule is COc1ccc([C@@H]2CC(=O)C3=C(C2)N=C(C)C(C(=O)OC(C)C)[C@@H]3c2ccncc2)cc1. The molecule has 0 amide bonds. The first kappa shape index (κ1) is 21.9. The van der Waals surface area contributed by atoms with Gasteiger partial charge in [-0.3, -0.25) is 19.6 Å². The van der Waals surface area contributed by atoms with Gasteiger partial charge in [0, 0.05) is 41.7 Å². The minimum Gasteiger partial charge on any atom is -0.497 e. The number of hydrogen-bond acceptors (Lipinski definition) is 6. The Morgan fingerprint density at radius 3 is 2.34 bits per heavy atom. The molecule has 3 atom stereocenters. The Morgan fingerprint density at radius 2 is 1.72 bits per heavy atom. The summed E-state index contributed by atoms with van der Waals surface area (Å²) in [5.74, 6) is -0.527. The molecule has 2 heterocycles. The van der Waals surface area contributed by atoms with Gasteiger partial charge in [-0.05, 0) is 68.5 Å². The highest BCUT2D eigenvalue weighted by Gasteiger charge is 2.44. The van der Waals surface area contributed by atoms with Crippen molar-refractivity contribution in [3.63, 3.8) is 0 Å². The molecular formula is C26H28N2O4. The van der Waals surface area contributed by atoms with Gasteiger partial charge in [0.05, 0.1) is 13.2 Å². The molecule has 1 aromatic heterocycles. The number of carbonyl (C=O) groups is 2. The molecule has 0 saturated heterocycles. The van der Waals surface area contributed by atoms with Crippen LogP contribution >= 0.6 is 0 Å². The number of hydrogen-bond donors (Lipinski definition) is 0. The number of pyridine rings is 1. The van der Waals surface area contributed by atoms with Gasteiger partial charge in [-0.15, -0.1) is 0 Å². The van der Waals surface area contributed by atoms with E-state index in [1.54, 1.807) is 19.5 Å². The van der Waals surface area contributed by atoms with E-state index in [1.165, 1.54) is 0 Å². The van der Waals surface area contributed by atoms with Gasteiger partial charge in [-0.1, -0.05) is 12.1 Å². The smallest absolute Gasteiger partial charge is 0.315 e. The van der Waals surface area contributed by atoms with Crippen molar-refractivity contribution in [3.8, 4) is 5.75 Å². The second-order valence-corrected chi connectivity index (χ2v) is 8.64. The Bertz CT molecular complexity index is 1070. The van der Waals surface area contributed by atoms with Crippen LogP contribution < -0.4 is 4.74 Å². The Kier molecular flexibility index (Phi) is 6.21. The molecule has 1 unspecified atom stereocenters. The number of benzene rings is 1. The van der Waals surface area contributed by atoms with Gasteiger partial charge in [0.2, 0.25) is 0 Å². The maximum absolute atomic E-state index is 13.5. The van der Waals surface area contributed by atoms with Crippen molar-refractivity contribution in [2.45, 2.75) is 51.6 Å². The Morgan fingerprint density at radius 1 is 1.03 bits per heavy atom. The predicted molar refractivity (Wildman–Crippen MR) is 122 cm³/mol. The van der Waals surface area contributed by atoms with Crippen molar-refractivity contribution in [3.05, 3.63) is 71.2 Å². The number of rotatable bonds is 5. The van der Waals surface area contributed by atoms with Crippen molar-refractivity contribution < 1.29 is 19.1 Å². The molecule has 0 spiro atoms. The minimum absolute atomic E-state index is 0.0347. The summed E-state index contributed by atoms with van der Waals surface area (Å²) < 4.78 is 10.8. The maximum atomic E-state index is 13.5. The maximum Gasteiger partial charge on any atom is 0.315 e. The third-order valence-corrected chi connectivity index (χ3v) is 6.15. The molecule has 6 heteroatoms. The third kappa shape index (κ3) is 4.22. The van der Waals surface area contributed by atoms with E-state index in [1.807, 2.05) is 57.2 Å². The second kappa shape index (κ2) is 9.07. The molecule has 1 aliphatic heterocycles. The summed E-state index contributed by atoms with van der Waals surface area (Å²) in [4.78, 5) is 35.5. The summed E-state index contributed by atoms with van der Waals surface area (Å²) in [6.45, 7) is 5.50. The predicted octanol–water partition coefficient (Wildman–Crippen LogP) is 4.62. The molecule has 1 aromatic carbocycles. The summed E-state index contributed by atoms with van der Waals surface area (Å²) in [5, 5.41) is 0. The number of methoxy groups -OCH3 is 1. The molecule has 32 heavy (non-hydrogen) atoms. The van der Waals surface area contributed by atoms with Gasteiger partial charge < -0.3 is 9.47 Å². The third-order valence-electron chi connectivity index (χ3n) is 6.15. The molecule has 0 fully saturated rings. The summed E-state index contributed by atoms with van der Waals surface area (Å²) in [7, 11) is 1.63. The van der Waals surface area contributed by atoms with Gasteiger partial charge >= 0.3 is 5.97 Å². The molecule has 2 aliphatic rings. The first-order valence-corrected chi connectivity index (χ1v) is 10.9. The number of aliphatic imine (C=N–C) groups is 1. The Labute approximate surface area is 188 Å². The molecule has 0 bridgehead atoms. The molecule has 0 N–H and O–H groups in total. The number of ketones is 1. The lowest BCUT2D eigenvalue weighted by molar-refractivity contribution is -0.150. The van der Waals surface area contributed by atoms with Gasteiger partial charge in [0.1, 0.15) is 11.7 Å². The van der Waals surface area contributed by atoms with Crippen molar-refractivity contribution >= 4 is 17.5 Å². The van der Waals surface area contributed by atoms with Gasteiger partial charge in [0.25, 0.3) is 0 Å². The van der Waals surface area contributed by atoms with Crippen LogP contribution in [0.1, 0.15) is 56.6 Å². The van der Waals surface area contributed by atoms with Gasteiger partial charge in [-0.25, -0.2) is 0 Å². The number of aromatic nitrogens is 1. The van der Waals surface area contributed by atoms with E-state index < -0.39 is 11.8 Å². The normalized spacial score (nSPS) is 23.0. The molecule has 166 valence electrons. The van der Waals surface area contributed by atoms with E-state index in [-0.39, 0.29) is 23.8 Å². The van der Waals surface area contributed by atoms with E-state index in [0.717, 1.165) is 22.6 Å². The molecule has 2 aromatic rings. The van der Waals surface area contributed by atoms with Gasteiger partial charge in [0.15, 0.2) is 5.78 Å². The van der Waals surface area contributed by atoms with E-state index in [0.29, 0.717) is 24.1 Å². The Balaban J connectivity index is 1.75. The van der Waals surface area contributed by atoms with E-state index in [9.17, 15) is 9.59 Å². The highest BCUT2D eigenvalue weighted by molar-refractivity contribution is 6.09. The lowest BCUT2D eigenvalue weighted by atomic mass is 9.69. The summed E-state index contributed by atoms with van der Waals surface area (Å²) in [6.07, 6.45) is 4.17. The first-order valence-electron chi connectivity index (χ1n) is 10.9. The average Bonchev–Trinajstić information content (AvgIpc) is 2.78. The quantitative estimate of drug-likeness (QED) is 0.645. The molecule has 6 nitrogen and oxygen atoms in total. The number of ether oxygens (including phenoxy) is 2. The lowest BCUT2D eigenvalue weighted by Gasteiger charge is -2.36. The summed E-state index contributed by atoms with van der Waals surface area (Å²) in [5.41, 5.74) is 4.05. The number of nitrogens with zero attached hydrogens (tertiary/aromatic N) is 2. The molecule has 1 aliphatic carbocycles.